The van der Waals surface area contributed by atoms with Crippen molar-refractivity contribution in [2.45, 2.75) is 39.3 Å². The Morgan fingerprint density at radius 3 is 2.57 bits per heavy atom. The lowest BCUT2D eigenvalue weighted by atomic mass is 10.1. The highest BCUT2D eigenvalue weighted by molar-refractivity contribution is 5.99. The molecule has 4 rings (SSSR count). The van der Waals surface area contributed by atoms with Gasteiger partial charge in [0.1, 0.15) is 0 Å². The van der Waals surface area contributed by atoms with E-state index in [9.17, 15) is 4.79 Å². The van der Waals surface area contributed by atoms with Crippen molar-refractivity contribution in [1.82, 2.24) is 9.88 Å². The van der Waals surface area contributed by atoms with Crippen LogP contribution in [0.25, 0.3) is 10.9 Å². The largest absolute Gasteiger partial charge is 0.378 e. The molecule has 1 atom stereocenters. The summed E-state index contributed by atoms with van der Waals surface area (Å²) >= 11 is 0. The summed E-state index contributed by atoms with van der Waals surface area (Å²) in [4.78, 5) is 20.9. The maximum absolute atomic E-state index is 13.5. The molecule has 0 radical (unpaired) electrons. The van der Waals surface area contributed by atoms with Crippen LogP contribution < -0.4 is 4.90 Å². The normalized spacial score (nSPS) is 16.2. The number of anilines is 1. The molecule has 0 spiro atoms. The van der Waals surface area contributed by atoms with Gasteiger partial charge < -0.3 is 19.5 Å². The predicted molar refractivity (Wildman–Crippen MR) is 122 cm³/mol. The Kier molecular flexibility index (Phi) is 5.82. The number of aromatic amines is 1. The van der Waals surface area contributed by atoms with Crippen molar-refractivity contribution < 1.29 is 9.53 Å². The van der Waals surface area contributed by atoms with Crippen molar-refractivity contribution in [2.75, 3.05) is 32.1 Å². The van der Waals surface area contributed by atoms with Gasteiger partial charge in [0, 0.05) is 61.6 Å². The van der Waals surface area contributed by atoms with Crippen molar-refractivity contribution in [3.8, 4) is 0 Å². The molecule has 5 nitrogen and oxygen atoms in total. The van der Waals surface area contributed by atoms with Crippen LogP contribution in [0.5, 0.6) is 0 Å². The fourth-order valence-electron chi connectivity index (χ4n) is 4.15. The summed E-state index contributed by atoms with van der Waals surface area (Å²) in [5, 5.41) is 1.12. The average Bonchev–Trinajstić information content (AvgIpc) is 3.35. The number of nitrogens with one attached hydrogen (secondary N) is 1. The van der Waals surface area contributed by atoms with Gasteiger partial charge in [-0.15, -0.1) is 0 Å². The average molecular weight is 406 g/mol. The highest BCUT2D eigenvalue weighted by Crippen LogP contribution is 2.24. The van der Waals surface area contributed by atoms with Crippen LogP contribution in [-0.2, 0) is 11.3 Å². The van der Waals surface area contributed by atoms with Gasteiger partial charge in [-0.3, -0.25) is 4.79 Å². The Balaban J connectivity index is 1.61. The van der Waals surface area contributed by atoms with E-state index in [0.717, 1.165) is 52.9 Å². The van der Waals surface area contributed by atoms with Gasteiger partial charge in [-0.05, 0) is 68.1 Å². The molecule has 158 valence electrons. The van der Waals surface area contributed by atoms with Crippen LogP contribution in [0.2, 0.25) is 0 Å². The van der Waals surface area contributed by atoms with Crippen molar-refractivity contribution >= 4 is 22.5 Å². The standard InChI is InChI=1S/C25H31N3O2/c1-17-18(2)26-24-12-9-20(14-23(17)24)25(29)28(16-22-6-5-13-30-22)15-19-7-10-21(11-8-19)27(3)4/h7-12,14,22,26H,5-6,13,15-16H2,1-4H3. The summed E-state index contributed by atoms with van der Waals surface area (Å²) in [5.41, 5.74) is 6.43. The van der Waals surface area contributed by atoms with Gasteiger partial charge in [0.05, 0.1) is 6.10 Å². The smallest absolute Gasteiger partial charge is 0.254 e. The monoisotopic (exact) mass is 405 g/mol. The number of carbonyl (C=O) groups excluding carboxylic acids is 1. The zero-order valence-electron chi connectivity index (χ0n) is 18.4. The molecule has 1 fully saturated rings. The van der Waals surface area contributed by atoms with Crippen LogP contribution in [0.4, 0.5) is 5.69 Å². The molecule has 30 heavy (non-hydrogen) atoms. The van der Waals surface area contributed by atoms with Gasteiger partial charge in [0.2, 0.25) is 0 Å². The summed E-state index contributed by atoms with van der Waals surface area (Å²) < 4.78 is 5.84. The number of amides is 1. The lowest BCUT2D eigenvalue weighted by Crippen LogP contribution is -2.37. The van der Waals surface area contributed by atoms with Gasteiger partial charge in [0.25, 0.3) is 5.91 Å². The fraction of sp³-hybridized carbons (Fsp3) is 0.400. The molecule has 0 aliphatic carbocycles. The van der Waals surface area contributed by atoms with Crippen LogP contribution in [0.15, 0.2) is 42.5 Å². The molecule has 1 amide bonds. The third-order valence-corrected chi connectivity index (χ3v) is 6.12. The first-order chi connectivity index (χ1) is 14.4. The van der Waals surface area contributed by atoms with Crippen LogP contribution >= 0.6 is 0 Å². The lowest BCUT2D eigenvalue weighted by Gasteiger charge is -2.26. The quantitative estimate of drug-likeness (QED) is 0.648. The van der Waals surface area contributed by atoms with Gasteiger partial charge in [0.15, 0.2) is 0 Å². The number of H-pyrrole nitrogens is 1. The zero-order chi connectivity index (χ0) is 21.3. The molecule has 3 aromatic rings. The minimum Gasteiger partial charge on any atom is -0.378 e. The topological polar surface area (TPSA) is 48.6 Å². The molecule has 5 heteroatoms. The Morgan fingerprint density at radius 1 is 1.13 bits per heavy atom. The highest BCUT2D eigenvalue weighted by Gasteiger charge is 2.24. The van der Waals surface area contributed by atoms with E-state index in [1.54, 1.807) is 0 Å². The molecule has 2 aromatic carbocycles. The molecule has 2 heterocycles. The summed E-state index contributed by atoms with van der Waals surface area (Å²) in [6, 6.07) is 14.4. The first kappa shape index (κ1) is 20.5. The SMILES string of the molecule is Cc1[nH]c2ccc(C(=O)N(Cc3ccc(N(C)C)cc3)CC3CCCO3)cc2c1C. The van der Waals surface area contributed by atoms with Crippen LogP contribution in [0.1, 0.15) is 40.0 Å². The van der Waals surface area contributed by atoms with E-state index in [1.807, 2.05) is 37.2 Å². The minimum absolute atomic E-state index is 0.0577. The van der Waals surface area contributed by atoms with Crippen molar-refractivity contribution in [3.63, 3.8) is 0 Å². The van der Waals surface area contributed by atoms with E-state index >= 15 is 0 Å². The molecule has 0 bridgehead atoms. The molecule has 1 N–H and O–H groups in total. The number of rotatable bonds is 6. The van der Waals surface area contributed by atoms with Crippen LogP contribution in [0.3, 0.4) is 0 Å². The number of carbonyl (C=O) groups is 1. The Hall–Kier alpha value is -2.79. The molecular weight excluding hydrogens is 374 g/mol. The second-order valence-corrected chi connectivity index (χ2v) is 8.52. The van der Waals surface area contributed by atoms with Crippen molar-refractivity contribution in [1.29, 1.82) is 0 Å². The van der Waals surface area contributed by atoms with Crippen LogP contribution in [-0.4, -0.2) is 49.1 Å². The highest BCUT2D eigenvalue weighted by atomic mass is 16.5. The summed E-state index contributed by atoms with van der Waals surface area (Å²) in [6.45, 7) is 6.15. The second kappa shape index (κ2) is 8.52. The summed E-state index contributed by atoms with van der Waals surface area (Å²) in [5.74, 6) is 0.0577. The number of aryl methyl sites for hydroxylation is 2. The number of nitrogens with zero attached hydrogens (tertiary/aromatic N) is 2. The maximum Gasteiger partial charge on any atom is 0.254 e. The third kappa shape index (κ3) is 4.21. The number of hydrogen-bond donors (Lipinski definition) is 1. The zero-order valence-corrected chi connectivity index (χ0v) is 18.4. The molecule has 1 aliphatic heterocycles. The van der Waals surface area contributed by atoms with E-state index in [2.05, 4.69) is 48.0 Å². The first-order valence-electron chi connectivity index (χ1n) is 10.7. The molecule has 0 saturated carbocycles. The Bertz CT molecular complexity index is 1030. The molecule has 1 saturated heterocycles. The Morgan fingerprint density at radius 2 is 1.90 bits per heavy atom. The molecule has 1 aliphatic rings. The summed E-state index contributed by atoms with van der Waals surface area (Å²) in [7, 11) is 4.06. The van der Waals surface area contributed by atoms with E-state index in [4.69, 9.17) is 4.74 Å². The van der Waals surface area contributed by atoms with Crippen molar-refractivity contribution in [2.24, 2.45) is 0 Å². The van der Waals surface area contributed by atoms with Crippen molar-refractivity contribution in [3.05, 3.63) is 64.8 Å². The van der Waals surface area contributed by atoms with E-state index in [1.165, 1.54) is 5.56 Å². The van der Waals surface area contributed by atoms with Crippen LogP contribution in [0, 0.1) is 13.8 Å². The number of ether oxygens (including phenoxy) is 1. The van der Waals surface area contributed by atoms with Gasteiger partial charge in [-0.1, -0.05) is 12.1 Å². The number of hydrogen-bond acceptors (Lipinski definition) is 3. The molecular formula is C25H31N3O2. The molecule has 1 aromatic heterocycles. The Labute approximate surface area is 178 Å². The van der Waals surface area contributed by atoms with Gasteiger partial charge >= 0.3 is 0 Å². The predicted octanol–water partition coefficient (Wildman–Crippen LogP) is 4.67. The number of fused-ring (bicyclic) bond motifs is 1. The van der Waals surface area contributed by atoms with E-state index < -0.39 is 0 Å². The first-order valence-corrected chi connectivity index (χ1v) is 10.7. The van der Waals surface area contributed by atoms with Gasteiger partial charge in [-0.25, -0.2) is 0 Å². The van der Waals surface area contributed by atoms with E-state index in [0.29, 0.717) is 13.1 Å². The fourth-order valence-corrected chi connectivity index (χ4v) is 4.15. The van der Waals surface area contributed by atoms with Gasteiger partial charge in [-0.2, -0.15) is 0 Å². The minimum atomic E-state index is 0.0577. The third-order valence-electron chi connectivity index (χ3n) is 6.12. The number of aromatic nitrogens is 1. The maximum atomic E-state index is 13.5. The number of benzene rings is 2. The second-order valence-electron chi connectivity index (χ2n) is 8.52. The lowest BCUT2D eigenvalue weighted by molar-refractivity contribution is 0.0507. The summed E-state index contributed by atoms with van der Waals surface area (Å²) in [6.07, 6.45) is 2.20. The molecule has 1 unspecified atom stereocenters. The van der Waals surface area contributed by atoms with E-state index in [-0.39, 0.29) is 12.0 Å².